The van der Waals surface area contributed by atoms with Gasteiger partial charge in [0.25, 0.3) is 0 Å². The van der Waals surface area contributed by atoms with Gasteiger partial charge in [-0.25, -0.2) is 9.97 Å². The van der Waals surface area contributed by atoms with Gasteiger partial charge in [0.1, 0.15) is 11.6 Å². The van der Waals surface area contributed by atoms with Crippen LogP contribution in [0.5, 0.6) is 0 Å². The molecule has 0 atom stereocenters. The maximum atomic E-state index is 6.01. The van der Waals surface area contributed by atoms with Crippen molar-refractivity contribution in [3.05, 3.63) is 39.8 Å². The predicted octanol–water partition coefficient (Wildman–Crippen LogP) is 4.11. The van der Waals surface area contributed by atoms with E-state index in [1.165, 1.54) is 0 Å². The maximum Gasteiger partial charge on any atom is 0.180 e. The third-order valence-electron chi connectivity index (χ3n) is 2.98. The van der Waals surface area contributed by atoms with Crippen molar-refractivity contribution in [1.82, 2.24) is 15.0 Å². The lowest BCUT2D eigenvalue weighted by Gasteiger charge is -2.09. The van der Waals surface area contributed by atoms with Crippen LogP contribution in [0.15, 0.2) is 34.8 Å². The van der Waals surface area contributed by atoms with Crippen LogP contribution in [0.4, 0.5) is 5.82 Å². The molecule has 102 valence electrons. The lowest BCUT2D eigenvalue weighted by Crippen LogP contribution is -2.10. The van der Waals surface area contributed by atoms with E-state index in [1.54, 1.807) is 0 Å². The van der Waals surface area contributed by atoms with E-state index in [2.05, 4.69) is 30.9 Å². The molecule has 6 heteroatoms. The van der Waals surface area contributed by atoms with Crippen molar-refractivity contribution in [3.8, 4) is 11.4 Å². The molecule has 2 aromatic heterocycles. The molecule has 1 N–H and O–H groups in total. The van der Waals surface area contributed by atoms with Gasteiger partial charge in [-0.05, 0) is 46.3 Å². The first-order chi connectivity index (χ1) is 9.54. The zero-order valence-corrected chi connectivity index (χ0v) is 13.3. The van der Waals surface area contributed by atoms with Crippen molar-refractivity contribution >= 4 is 44.5 Å². The molecule has 0 unspecified atom stereocenters. The Bertz CT molecular complexity index is 782. The summed E-state index contributed by atoms with van der Waals surface area (Å²) in [5.74, 6) is 1.66. The number of benzene rings is 1. The summed E-state index contributed by atoms with van der Waals surface area (Å²) in [6, 6.07) is 9.65. The van der Waals surface area contributed by atoms with Crippen molar-refractivity contribution < 1.29 is 0 Å². The highest BCUT2D eigenvalue weighted by molar-refractivity contribution is 9.10. The third-order valence-corrected chi connectivity index (χ3v) is 4.20. The van der Waals surface area contributed by atoms with Crippen LogP contribution in [0, 0.1) is 0 Å². The number of H-pyrrole nitrogens is 1. The Balaban J connectivity index is 2.10. The summed E-state index contributed by atoms with van der Waals surface area (Å²) >= 11 is 9.43. The van der Waals surface area contributed by atoms with E-state index in [0.717, 1.165) is 27.2 Å². The molecule has 0 aliphatic rings. The van der Waals surface area contributed by atoms with E-state index in [1.807, 2.05) is 49.3 Å². The third kappa shape index (κ3) is 2.39. The fourth-order valence-corrected chi connectivity index (χ4v) is 2.41. The number of nitrogens with one attached hydrogen (secondary N) is 1. The Hall–Kier alpha value is -1.59. The van der Waals surface area contributed by atoms with Gasteiger partial charge in [0, 0.05) is 24.1 Å². The Kier molecular flexibility index (Phi) is 3.40. The fourth-order valence-electron chi connectivity index (χ4n) is 1.91. The number of hydrogen-bond acceptors (Lipinski definition) is 3. The van der Waals surface area contributed by atoms with Crippen LogP contribution in [0.3, 0.4) is 0 Å². The predicted molar refractivity (Wildman–Crippen MR) is 86.4 cm³/mol. The molecule has 0 bridgehead atoms. The molecular formula is C14H12BrClN4. The number of fused-ring (bicyclic) bond motifs is 1. The van der Waals surface area contributed by atoms with E-state index in [-0.39, 0.29) is 0 Å². The largest absolute Gasteiger partial charge is 0.363 e. The van der Waals surface area contributed by atoms with Crippen LogP contribution < -0.4 is 4.90 Å². The van der Waals surface area contributed by atoms with Gasteiger partial charge < -0.3 is 9.88 Å². The van der Waals surface area contributed by atoms with Crippen molar-refractivity contribution in [2.75, 3.05) is 19.0 Å². The zero-order valence-electron chi connectivity index (χ0n) is 11.0. The molecule has 0 aliphatic carbocycles. The number of anilines is 1. The minimum Gasteiger partial charge on any atom is -0.363 e. The minimum absolute atomic E-state index is 0.679. The minimum atomic E-state index is 0.679. The van der Waals surface area contributed by atoms with Crippen LogP contribution in [-0.2, 0) is 0 Å². The molecule has 0 saturated carbocycles. The maximum absolute atomic E-state index is 6.01. The highest BCUT2D eigenvalue weighted by Crippen LogP contribution is 2.28. The summed E-state index contributed by atoms with van der Waals surface area (Å²) in [5, 5.41) is 0.679. The summed E-state index contributed by atoms with van der Waals surface area (Å²) in [7, 11) is 3.91. The molecule has 3 aromatic rings. The van der Waals surface area contributed by atoms with Gasteiger partial charge in [-0.2, -0.15) is 0 Å². The molecule has 0 radical (unpaired) electrons. The van der Waals surface area contributed by atoms with Crippen LogP contribution in [0.2, 0.25) is 5.02 Å². The van der Waals surface area contributed by atoms with E-state index in [9.17, 15) is 0 Å². The van der Waals surface area contributed by atoms with Crippen molar-refractivity contribution in [1.29, 1.82) is 0 Å². The summed E-state index contributed by atoms with van der Waals surface area (Å²) in [6.07, 6.45) is 0. The second-order valence-electron chi connectivity index (χ2n) is 4.65. The molecule has 0 fully saturated rings. The number of nitrogens with zero attached hydrogens (tertiary/aromatic N) is 3. The lowest BCUT2D eigenvalue weighted by atomic mass is 10.2. The highest BCUT2D eigenvalue weighted by atomic mass is 79.9. The molecule has 20 heavy (non-hydrogen) atoms. The van der Waals surface area contributed by atoms with Gasteiger partial charge in [-0.1, -0.05) is 11.6 Å². The molecule has 0 amide bonds. The molecule has 4 nitrogen and oxygen atoms in total. The van der Waals surface area contributed by atoms with Crippen LogP contribution in [0.25, 0.3) is 22.6 Å². The molecular weight excluding hydrogens is 340 g/mol. The van der Waals surface area contributed by atoms with Crippen molar-refractivity contribution in [2.24, 2.45) is 0 Å². The smallest absolute Gasteiger partial charge is 0.180 e. The van der Waals surface area contributed by atoms with Gasteiger partial charge in [0.2, 0.25) is 0 Å². The van der Waals surface area contributed by atoms with Gasteiger partial charge in [-0.3, -0.25) is 0 Å². The molecule has 2 heterocycles. The van der Waals surface area contributed by atoms with Crippen LogP contribution in [0.1, 0.15) is 0 Å². The fraction of sp³-hybridized carbons (Fsp3) is 0.143. The second kappa shape index (κ2) is 5.07. The van der Waals surface area contributed by atoms with E-state index in [0.29, 0.717) is 10.7 Å². The van der Waals surface area contributed by atoms with E-state index in [4.69, 9.17) is 11.6 Å². The van der Waals surface area contributed by atoms with Gasteiger partial charge >= 0.3 is 0 Å². The lowest BCUT2D eigenvalue weighted by molar-refractivity contribution is 1.08. The van der Waals surface area contributed by atoms with E-state index < -0.39 is 0 Å². The summed E-state index contributed by atoms with van der Waals surface area (Å²) in [5.41, 5.74) is 2.58. The number of imidazole rings is 1. The molecule has 0 saturated heterocycles. The van der Waals surface area contributed by atoms with Crippen LogP contribution >= 0.6 is 27.5 Å². The first-order valence-electron chi connectivity index (χ1n) is 6.04. The summed E-state index contributed by atoms with van der Waals surface area (Å²) < 4.78 is 0.846. The van der Waals surface area contributed by atoms with Crippen molar-refractivity contribution in [2.45, 2.75) is 0 Å². The number of hydrogen-bond donors (Lipinski definition) is 1. The molecule has 0 aliphatic heterocycles. The molecule has 3 rings (SSSR count). The number of rotatable bonds is 2. The molecule has 0 spiro atoms. The van der Waals surface area contributed by atoms with E-state index >= 15 is 0 Å². The van der Waals surface area contributed by atoms with Crippen molar-refractivity contribution in [3.63, 3.8) is 0 Å². The average Bonchev–Trinajstić information content (AvgIpc) is 2.84. The van der Waals surface area contributed by atoms with Gasteiger partial charge in [-0.15, -0.1) is 0 Å². The molecule has 1 aromatic carbocycles. The Labute approximate surface area is 129 Å². The van der Waals surface area contributed by atoms with Crippen LogP contribution in [-0.4, -0.2) is 29.0 Å². The first-order valence-corrected chi connectivity index (χ1v) is 7.21. The SMILES string of the molecule is CN(C)c1ccc2[nH]c(-c3ccc(Cl)c(Br)c3)nc2n1. The number of aromatic nitrogens is 3. The second-order valence-corrected chi connectivity index (χ2v) is 5.91. The van der Waals surface area contributed by atoms with Gasteiger partial charge in [0.05, 0.1) is 10.5 Å². The Morgan fingerprint density at radius 2 is 1.95 bits per heavy atom. The highest BCUT2D eigenvalue weighted by Gasteiger charge is 2.09. The monoisotopic (exact) mass is 350 g/mol. The number of halogens is 2. The topological polar surface area (TPSA) is 44.8 Å². The summed E-state index contributed by atoms with van der Waals surface area (Å²) in [4.78, 5) is 14.3. The number of aromatic amines is 1. The van der Waals surface area contributed by atoms with Gasteiger partial charge in [0.15, 0.2) is 5.65 Å². The normalized spacial score (nSPS) is 11.0. The Morgan fingerprint density at radius 3 is 2.65 bits per heavy atom. The zero-order chi connectivity index (χ0) is 14.3. The average molecular weight is 352 g/mol. The number of pyridine rings is 1. The first kappa shape index (κ1) is 13.4. The summed E-state index contributed by atoms with van der Waals surface area (Å²) in [6.45, 7) is 0. The standard InChI is InChI=1S/C14H12BrClN4/c1-20(2)12-6-5-11-14(18-12)19-13(17-11)8-3-4-10(16)9(15)7-8/h3-7H,1-2H3,(H,17,18,19). The quantitative estimate of drug-likeness (QED) is 0.756. The Morgan fingerprint density at radius 1 is 1.15 bits per heavy atom.